The molecule has 1 aromatic carbocycles. The molecule has 1 aromatic heterocycles. The number of rotatable bonds is 3. The van der Waals surface area contributed by atoms with Crippen LogP contribution in [0.3, 0.4) is 0 Å². The molecule has 2 aromatic rings. The molecule has 0 spiro atoms. The number of hydrogen-bond donors (Lipinski definition) is 2. The summed E-state index contributed by atoms with van der Waals surface area (Å²) in [6.45, 7) is 2.53. The lowest BCUT2D eigenvalue weighted by Crippen LogP contribution is -2.51. The zero-order chi connectivity index (χ0) is 16.6. The number of aromatic nitrogens is 2. The topological polar surface area (TPSA) is 118 Å². The van der Waals surface area contributed by atoms with Crippen LogP contribution in [0.15, 0.2) is 18.2 Å². The molecule has 1 fully saturated rings. The highest BCUT2D eigenvalue weighted by molar-refractivity contribution is 6.05. The molecule has 0 saturated carbocycles. The summed E-state index contributed by atoms with van der Waals surface area (Å²) in [6.07, 6.45) is 2.84. The van der Waals surface area contributed by atoms with E-state index in [1.54, 1.807) is 11.0 Å². The van der Waals surface area contributed by atoms with Gasteiger partial charge in [-0.15, -0.1) is 0 Å². The van der Waals surface area contributed by atoms with Crippen molar-refractivity contribution in [2.24, 2.45) is 5.73 Å². The number of carbonyl (C=O) groups is 1. The molecule has 8 nitrogen and oxygen atoms in total. The van der Waals surface area contributed by atoms with Crippen LogP contribution in [0.4, 0.5) is 5.69 Å². The second kappa shape index (κ2) is 5.96. The Morgan fingerprint density at radius 2 is 2.30 bits per heavy atom. The normalized spacial score (nSPS) is 19.7. The van der Waals surface area contributed by atoms with Gasteiger partial charge in [-0.1, -0.05) is 0 Å². The molecule has 0 bridgehead atoms. The number of hydrogen-bond acceptors (Lipinski definition) is 5. The summed E-state index contributed by atoms with van der Waals surface area (Å²) < 4.78 is 0. The smallest absolute Gasteiger partial charge is 0.275 e. The predicted octanol–water partition coefficient (Wildman–Crippen LogP) is 1.81. The summed E-state index contributed by atoms with van der Waals surface area (Å²) in [5, 5.41) is 18.3. The third-order valence-corrected chi connectivity index (χ3v) is 4.38. The Bertz CT molecular complexity index is 755. The van der Waals surface area contributed by atoms with Crippen molar-refractivity contribution >= 4 is 22.5 Å². The maximum Gasteiger partial charge on any atom is 0.275 e. The monoisotopic (exact) mass is 317 g/mol. The number of H-pyrrole nitrogens is 1. The molecule has 0 aliphatic carbocycles. The largest absolute Gasteiger partial charge is 0.333 e. The van der Waals surface area contributed by atoms with E-state index in [9.17, 15) is 14.9 Å². The van der Waals surface area contributed by atoms with Gasteiger partial charge in [0.1, 0.15) is 0 Å². The number of nitro groups is 1. The molecule has 122 valence electrons. The van der Waals surface area contributed by atoms with Crippen LogP contribution in [0.1, 0.15) is 36.7 Å². The third-order valence-electron chi connectivity index (χ3n) is 4.38. The highest BCUT2D eigenvalue weighted by Gasteiger charge is 2.32. The molecule has 2 unspecified atom stereocenters. The van der Waals surface area contributed by atoms with Gasteiger partial charge in [0.15, 0.2) is 5.69 Å². The van der Waals surface area contributed by atoms with E-state index in [1.165, 1.54) is 12.1 Å². The molecule has 8 heteroatoms. The number of nitrogens with one attached hydrogen (secondary N) is 1. The number of nitrogens with two attached hydrogens (primary N) is 1. The average Bonchev–Trinajstić information content (AvgIpc) is 2.97. The first kappa shape index (κ1) is 15.4. The summed E-state index contributed by atoms with van der Waals surface area (Å²) in [4.78, 5) is 25.1. The Balaban J connectivity index is 1.99. The van der Waals surface area contributed by atoms with Crippen LogP contribution >= 0.6 is 0 Å². The van der Waals surface area contributed by atoms with Gasteiger partial charge in [0.2, 0.25) is 0 Å². The molecule has 3 N–H and O–H groups in total. The van der Waals surface area contributed by atoms with Gasteiger partial charge < -0.3 is 10.6 Å². The van der Waals surface area contributed by atoms with Crippen molar-refractivity contribution in [2.75, 3.05) is 6.54 Å². The minimum absolute atomic E-state index is 0.0262. The molecular weight excluding hydrogens is 298 g/mol. The Kier molecular flexibility index (Phi) is 3.99. The summed E-state index contributed by atoms with van der Waals surface area (Å²) in [7, 11) is 0. The quantitative estimate of drug-likeness (QED) is 0.661. The maximum absolute atomic E-state index is 12.9. The molecule has 3 rings (SSSR count). The van der Waals surface area contributed by atoms with Crippen molar-refractivity contribution in [1.82, 2.24) is 15.1 Å². The number of amides is 1. The van der Waals surface area contributed by atoms with Crippen LogP contribution in [0, 0.1) is 10.1 Å². The zero-order valence-corrected chi connectivity index (χ0v) is 12.9. The first-order valence-electron chi connectivity index (χ1n) is 7.68. The van der Waals surface area contributed by atoms with E-state index in [0.29, 0.717) is 17.4 Å². The summed E-state index contributed by atoms with van der Waals surface area (Å²) in [5.41, 5.74) is 6.78. The number of likely N-dealkylation sites (tertiary alicyclic amines) is 1. The molecule has 2 atom stereocenters. The molecule has 1 aliphatic rings. The SMILES string of the molecule is CC(N)C1CCCCN1C(=O)c1n[nH]c2ccc([N+](=O)[O-])cc12. The Hall–Kier alpha value is -2.48. The number of piperidine rings is 1. The molecule has 2 heterocycles. The van der Waals surface area contributed by atoms with Crippen LogP contribution in [0.25, 0.3) is 10.9 Å². The molecule has 1 saturated heterocycles. The molecule has 23 heavy (non-hydrogen) atoms. The summed E-state index contributed by atoms with van der Waals surface area (Å²) in [6, 6.07) is 4.19. The van der Waals surface area contributed by atoms with Gasteiger partial charge >= 0.3 is 0 Å². The van der Waals surface area contributed by atoms with Crippen LogP contribution in [0.5, 0.6) is 0 Å². The van der Waals surface area contributed by atoms with Gasteiger partial charge in [-0.2, -0.15) is 5.10 Å². The van der Waals surface area contributed by atoms with E-state index in [2.05, 4.69) is 10.2 Å². The number of benzene rings is 1. The van der Waals surface area contributed by atoms with Crippen molar-refractivity contribution in [3.63, 3.8) is 0 Å². The maximum atomic E-state index is 12.9. The molecular formula is C15H19N5O3. The lowest BCUT2D eigenvalue weighted by molar-refractivity contribution is -0.384. The van der Waals surface area contributed by atoms with Crippen molar-refractivity contribution in [3.05, 3.63) is 34.0 Å². The Morgan fingerprint density at radius 3 is 3.00 bits per heavy atom. The molecule has 1 amide bonds. The van der Waals surface area contributed by atoms with Crippen molar-refractivity contribution in [3.8, 4) is 0 Å². The number of non-ortho nitro benzene ring substituents is 1. The highest BCUT2D eigenvalue weighted by Crippen LogP contribution is 2.26. The van der Waals surface area contributed by atoms with E-state index in [-0.39, 0.29) is 29.4 Å². The van der Waals surface area contributed by atoms with E-state index in [4.69, 9.17) is 5.73 Å². The number of aromatic amines is 1. The van der Waals surface area contributed by atoms with Crippen LogP contribution < -0.4 is 5.73 Å². The fraction of sp³-hybridized carbons (Fsp3) is 0.467. The fourth-order valence-electron chi connectivity index (χ4n) is 3.17. The summed E-state index contributed by atoms with van der Waals surface area (Å²) in [5.74, 6) is -0.223. The number of carbonyl (C=O) groups excluding carboxylic acids is 1. The lowest BCUT2D eigenvalue weighted by Gasteiger charge is -2.37. The van der Waals surface area contributed by atoms with Gasteiger partial charge in [0, 0.05) is 36.1 Å². The first-order valence-corrected chi connectivity index (χ1v) is 7.68. The number of nitro benzene ring substituents is 1. The molecule has 1 aliphatic heterocycles. The fourth-order valence-corrected chi connectivity index (χ4v) is 3.17. The first-order chi connectivity index (χ1) is 11.0. The average molecular weight is 317 g/mol. The highest BCUT2D eigenvalue weighted by atomic mass is 16.6. The van der Waals surface area contributed by atoms with E-state index in [0.717, 1.165) is 19.3 Å². The Morgan fingerprint density at radius 1 is 1.52 bits per heavy atom. The predicted molar refractivity (Wildman–Crippen MR) is 85.1 cm³/mol. The second-order valence-electron chi connectivity index (χ2n) is 5.98. The van der Waals surface area contributed by atoms with Gasteiger partial charge in [0.05, 0.1) is 10.4 Å². The van der Waals surface area contributed by atoms with E-state index < -0.39 is 4.92 Å². The van der Waals surface area contributed by atoms with Crippen LogP contribution in [0.2, 0.25) is 0 Å². The van der Waals surface area contributed by atoms with Crippen molar-refractivity contribution in [1.29, 1.82) is 0 Å². The van der Waals surface area contributed by atoms with Gasteiger partial charge in [-0.25, -0.2) is 0 Å². The van der Waals surface area contributed by atoms with Crippen molar-refractivity contribution < 1.29 is 9.72 Å². The second-order valence-corrected chi connectivity index (χ2v) is 5.98. The number of fused-ring (bicyclic) bond motifs is 1. The Labute approximate surface area is 132 Å². The molecule has 0 radical (unpaired) electrons. The van der Waals surface area contributed by atoms with Gasteiger partial charge in [-0.05, 0) is 32.3 Å². The minimum Gasteiger partial charge on any atom is -0.333 e. The van der Waals surface area contributed by atoms with Crippen LogP contribution in [-0.4, -0.2) is 44.6 Å². The van der Waals surface area contributed by atoms with E-state index in [1.807, 2.05) is 6.92 Å². The van der Waals surface area contributed by atoms with Gasteiger partial charge in [0.25, 0.3) is 11.6 Å². The standard InChI is InChI=1S/C15H19N5O3/c1-9(16)13-4-2-3-7-19(13)15(21)14-11-8-10(20(22)23)5-6-12(11)17-18-14/h5-6,8-9,13H,2-4,7,16H2,1H3,(H,17,18). The van der Waals surface area contributed by atoms with E-state index >= 15 is 0 Å². The lowest BCUT2D eigenvalue weighted by atomic mass is 9.96. The number of nitrogens with zero attached hydrogens (tertiary/aromatic N) is 3. The minimum atomic E-state index is -0.480. The zero-order valence-electron chi connectivity index (χ0n) is 12.9. The van der Waals surface area contributed by atoms with Crippen LogP contribution in [-0.2, 0) is 0 Å². The third kappa shape index (κ3) is 2.77. The van der Waals surface area contributed by atoms with Gasteiger partial charge in [-0.3, -0.25) is 20.0 Å². The summed E-state index contributed by atoms with van der Waals surface area (Å²) >= 11 is 0. The van der Waals surface area contributed by atoms with Crippen molar-refractivity contribution in [2.45, 2.75) is 38.3 Å².